The highest BCUT2D eigenvalue weighted by molar-refractivity contribution is 8.21. The van der Waals surface area contributed by atoms with Gasteiger partial charge in [0.05, 0.1) is 17.5 Å². The molecule has 0 radical (unpaired) electrons. The normalized spacial score (nSPS) is 23.5. The van der Waals surface area contributed by atoms with E-state index in [1.54, 1.807) is 7.11 Å². The van der Waals surface area contributed by atoms with Crippen LogP contribution in [-0.2, 0) is 13.0 Å². The Morgan fingerprint density at radius 3 is 2.83 bits per heavy atom. The Morgan fingerprint density at radius 1 is 1.33 bits per heavy atom. The number of rotatable bonds is 8. The molecule has 1 aliphatic rings. The minimum Gasteiger partial charge on any atom is -0.497 e. The molecule has 0 saturated carbocycles. The molecule has 2 heterocycles. The van der Waals surface area contributed by atoms with Crippen molar-refractivity contribution in [2.24, 2.45) is 0 Å². The van der Waals surface area contributed by atoms with Gasteiger partial charge >= 0.3 is 0 Å². The molecule has 1 aromatic carbocycles. The van der Waals surface area contributed by atoms with E-state index in [2.05, 4.69) is 70.5 Å². The van der Waals surface area contributed by atoms with E-state index in [1.165, 1.54) is 30.6 Å². The minimum absolute atomic E-state index is 0.202. The molecule has 0 amide bonds. The van der Waals surface area contributed by atoms with Crippen molar-refractivity contribution in [1.82, 2.24) is 9.55 Å². The molecule has 2 unspecified atom stereocenters. The smallest absolute Gasteiger partial charge is 0.118 e. The van der Waals surface area contributed by atoms with E-state index in [1.807, 2.05) is 12.5 Å². The van der Waals surface area contributed by atoms with Gasteiger partial charge in [-0.1, -0.05) is 31.9 Å². The highest BCUT2D eigenvalue weighted by atomic mass is 32.2. The molecule has 24 heavy (non-hydrogen) atoms. The number of thioether (sulfide) groups is 2. The van der Waals surface area contributed by atoms with Gasteiger partial charge in [-0.3, -0.25) is 0 Å². The zero-order valence-electron chi connectivity index (χ0n) is 14.5. The van der Waals surface area contributed by atoms with Gasteiger partial charge in [0.1, 0.15) is 5.75 Å². The van der Waals surface area contributed by atoms with Gasteiger partial charge < -0.3 is 9.30 Å². The van der Waals surface area contributed by atoms with E-state index in [0.29, 0.717) is 0 Å². The molecule has 3 nitrogen and oxygen atoms in total. The fraction of sp³-hybridized carbons (Fsp3) is 0.526. The van der Waals surface area contributed by atoms with Crippen molar-refractivity contribution in [1.29, 1.82) is 0 Å². The molecule has 2 aromatic rings. The molecule has 1 aromatic heterocycles. The Labute approximate surface area is 153 Å². The summed E-state index contributed by atoms with van der Waals surface area (Å²) in [5.74, 6) is 2.19. The summed E-state index contributed by atoms with van der Waals surface area (Å²) in [4.78, 5) is 4.22. The van der Waals surface area contributed by atoms with Crippen molar-refractivity contribution in [3.63, 3.8) is 0 Å². The Kier molecular flexibility index (Phi) is 6.17. The van der Waals surface area contributed by atoms with Gasteiger partial charge in [0.25, 0.3) is 0 Å². The molecule has 0 bridgehead atoms. The zero-order chi connectivity index (χ0) is 16.8. The molecule has 0 spiro atoms. The third kappa shape index (κ3) is 4.51. The molecule has 2 atom stereocenters. The summed E-state index contributed by atoms with van der Waals surface area (Å²) in [6.45, 7) is 3.29. The van der Waals surface area contributed by atoms with Crippen LogP contribution < -0.4 is 4.74 Å². The van der Waals surface area contributed by atoms with Crippen molar-refractivity contribution in [3.05, 3.63) is 48.5 Å². The van der Waals surface area contributed by atoms with Crippen LogP contribution in [0.2, 0.25) is 0 Å². The maximum absolute atomic E-state index is 5.29. The van der Waals surface area contributed by atoms with Crippen LogP contribution in [0.25, 0.3) is 0 Å². The maximum atomic E-state index is 5.29. The second-order valence-corrected chi connectivity index (χ2v) is 9.71. The lowest BCUT2D eigenvalue weighted by Gasteiger charge is -2.28. The quantitative estimate of drug-likeness (QED) is 0.669. The largest absolute Gasteiger partial charge is 0.497 e. The van der Waals surface area contributed by atoms with E-state index >= 15 is 0 Å². The summed E-state index contributed by atoms with van der Waals surface area (Å²) in [6.07, 6.45) is 10.9. The number of ether oxygens (including phenoxy) is 1. The standard InChI is InChI=1S/C19H26N2OS2/c1-3-4-5-18-13-23-19(24-18,14-21-11-10-20-15-21)12-16-6-8-17(22-2)9-7-16/h6-11,15,18H,3-5,12-14H2,1-2H3. The zero-order valence-corrected chi connectivity index (χ0v) is 16.1. The van der Waals surface area contributed by atoms with Gasteiger partial charge in [-0.05, 0) is 30.5 Å². The lowest BCUT2D eigenvalue weighted by molar-refractivity contribution is 0.414. The predicted octanol–water partition coefficient (Wildman–Crippen LogP) is 4.87. The molecule has 130 valence electrons. The van der Waals surface area contributed by atoms with Crippen molar-refractivity contribution in [3.8, 4) is 5.75 Å². The third-order valence-corrected chi connectivity index (χ3v) is 8.07. The first-order valence-electron chi connectivity index (χ1n) is 8.63. The second kappa shape index (κ2) is 8.34. The highest BCUT2D eigenvalue weighted by Crippen LogP contribution is 2.52. The summed E-state index contributed by atoms with van der Waals surface area (Å²) in [5, 5.41) is 0.775. The van der Waals surface area contributed by atoms with Crippen molar-refractivity contribution >= 4 is 23.5 Å². The number of benzene rings is 1. The summed E-state index contributed by atoms with van der Waals surface area (Å²) in [7, 11) is 1.72. The Bertz CT molecular complexity index is 615. The van der Waals surface area contributed by atoms with E-state index in [4.69, 9.17) is 4.74 Å². The molecule has 5 heteroatoms. The van der Waals surface area contributed by atoms with Crippen LogP contribution in [0.1, 0.15) is 31.7 Å². The first-order chi connectivity index (χ1) is 11.7. The monoisotopic (exact) mass is 362 g/mol. The summed E-state index contributed by atoms with van der Waals surface area (Å²) < 4.78 is 7.72. The van der Waals surface area contributed by atoms with Crippen LogP contribution >= 0.6 is 23.5 Å². The van der Waals surface area contributed by atoms with E-state index in [-0.39, 0.29) is 4.08 Å². The van der Waals surface area contributed by atoms with Gasteiger partial charge in [0.15, 0.2) is 0 Å². The number of unbranched alkanes of at least 4 members (excludes halogenated alkanes) is 1. The van der Waals surface area contributed by atoms with Crippen LogP contribution in [0.15, 0.2) is 43.0 Å². The molecule has 1 fully saturated rings. The Balaban J connectivity index is 1.74. The van der Waals surface area contributed by atoms with Gasteiger partial charge in [-0.15, -0.1) is 23.5 Å². The number of nitrogens with zero attached hydrogens (tertiary/aromatic N) is 2. The topological polar surface area (TPSA) is 27.1 Å². The molecule has 1 aliphatic heterocycles. The Morgan fingerprint density at radius 2 is 2.17 bits per heavy atom. The summed E-state index contributed by atoms with van der Waals surface area (Å²) in [5.41, 5.74) is 1.38. The van der Waals surface area contributed by atoms with Crippen LogP contribution in [0, 0.1) is 0 Å². The molecular formula is C19H26N2OS2. The van der Waals surface area contributed by atoms with Crippen LogP contribution in [0.3, 0.4) is 0 Å². The number of aromatic nitrogens is 2. The van der Waals surface area contributed by atoms with Gasteiger partial charge in [0.2, 0.25) is 0 Å². The Hall–Kier alpha value is -1.07. The van der Waals surface area contributed by atoms with Crippen LogP contribution in [0.4, 0.5) is 0 Å². The molecular weight excluding hydrogens is 336 g/mol. The number of hydrogen-bond acceptors (Lipinski definition) is 4. The van der Waals surface area contributed by atoms with Crippen LogP contribution in [-0.4, -0.2) is 31.7 Å². The van der Waals surface area contributed by atoms with Crippen molar-refractivity contribution in [2.45, 2.75) is 48.5 Å². The van der Waals surface area contributed by atoms with Gasteiger partial charge in [-0.25, -0.2) is 4.98 Å². The van der Waals surface area contributed by atoms with Crippen LogP contribution in [0.5, 0.6) is 5.75 Å². The van der Waals surface area contributed by atoms with E-state index < -0.39 is 0 Å². The SMILES string of the molecule is CCCCC1CSC(Cc2ccc(OC)cc2)(Cn2ccnc2)S1. The van der Waals surface area contributed by atoms with Gasteiger partial charge in [-0.2, -0.15) is 0 Å². The maximum Gasteiger partial charge on any atom is 0.118 e. The summed E-state index contributed by atoms with van der Waals surface area (Å²) >= 11 is 4.32. The van der Waals surface area contributed by atoms with Crippen molar-refractivity contribution < 1.29 is 4.74 Å². The van der Waals surface area contributed by atoms with E-state index in [9.17, 15) is 0 Å². The molecule has 1 saturated heterocycles. The third-order valence-electron chi connectivity index (χ3n) is 4.41. The number of imidazole rings is 1. The highest BCUT2D eigenvalue weighted by Gasteiger charge is 2.40. The minimum atomic E-state index is 0.202. The molecule has 3 rings (SSSR count). The average molecular weight is 363 g/mol. The lowest BCUT2D eigenvalue weighted by Crippen LogP contribution is -2.27. The lowest BCUT2D eigenvalue weighted by atomic mass is 10.1. The average Bonchev–Trinajstić information content (AvgIpc) is 3.24. The summed E-state index contributed by atoms with van der Waals surface area (Å²) in [6, 6.07) is 8.54. The van der Waals surface area contributed by atoms with Gasteiger partial charge in [0, 0.05) is 29.9 Å². The predicted molar refractivity (Wildman–Crippen MR) is 105 cm³/mol. The first-order valence-corrected chi connectivity index (χ1v) is 10.5. The van der Waals surface area contributed by atoms with E-state index in [0.717, 1.165) is 24.0 Å². The fourth-order valence-corrected chi connectivity index (χ4v) is 7.03. The first kappa shape index (κ1) is 17.7. The number of methoxy groups -OCH3 is 1. The second-order valence-electron chi connectivity index (χ2n) is 6.36. The van der Waals surface area contributed by atoms with Crippen molar-refractivity contribution in [2.75, 3.05) is 12.9 Å². The number of hydrogen-bond donors (Lipinski definition) is 0. The molecule has 0 aliphatic carbocycles. The fourth-order valence-electron chi connectivity index (χ4n) is 3.13. The molecule has 0 N–H and O–H groups in total.